The molecule has 1 saturated heterocycles. The third-order valence-corrected chi connectivity index (χ3v) is 5.15. The summed E-state index contributed by atoms with van der Waals surface area (Å²) in [5.74, 6) is 0.808. The van der Waals surface area contributed by atoms with Crippen LogP contribution in [0.25, 0.3) is 0 Å². The number of aromatic hydroxyl groups is 1. The van der Waals surface area contributed by atoms with Crippen molar-refractivity contribution in [3.8, 4) is 5.75 Å². The molecule has 3 N–H and O–H groups in total. The zero-order valence-electron chi connectivity index (χ0n) is 14.7. The van der Waals surface area contributed by atoms with Crippen molar-refractivity contribution in [1.29, 1.82) is 0 Å². The third-order valence-electron chi connectivity index (χ3n) is 5.15. The van der Waals surface area contributed by atoms with E-state index in [0.717, 1.165) is 37.1 Å². The van der Waals surface area contributed by atoms with E-state index in [4.69, 9.17) is 5.73 Å². The number of hydrogen-bond donors (Lipinski definition) is 2. The predicted molar refractivity (Wildman–Crippen MR) is 99.7 cm³/mol. The molecule has 1 aliphatic rings. The van der Waals surface area contributed by atoms with E-state index in [-0.39, 0.29) is 11.7 Å². The fraction of sp³-hybridized carbons (Fsp3) is 0.381. The molecule has 0 bridgehead atoms. The van der Waals surface area contributed by atoms with Crippen LogP contribution in [0.15, 0.2) is 42.5 Å². The first-order chi connectivity index (χ1) is 12.1. The normalized spacial score (nSPS) is 15.4. The molecule has 25 heavy (non-hydrogen) atoms. The number of amides is 1. The van der Waals surface area contributed by atoms with Crippen molar-refractivity contribution in [2.45, 2.75) is 38.6 Å². The van der Waals surface area contributed by atoms with E-state index in [9.17, 15) is 9.90 Å². The number of likely N-dealkylation sites (tertiary alicyclic amines) is 1. The molecular formula is C21H26N2O2. The highest BCUT2D eigenvalue weighted by molar-refractivity contribution is 5.94. The van der Waals surface area contributed by atoms with Crippen LogP contribution in [0.1, 0.15) is 52.7 Å². The Morgan fingerprint density at radius 3 is 2.64 bits per heavy atom. The number of aryl methyl sites for hydroxylation is 1. The molecule has 0 saturated carbocycles. The first-order valence-corrected chi connectivity index (χ1v) is 9.02. The molecule has 0 spiro atoms. The number of hydrogen-bond acceptors (Lipinski definition) is 3. The summed E-state index contributed by atoms with van der Waals surface area (Å²) in [5.41, 5.74) is 9.71. The highest BCUT2D eigenvalue weighted by Gasteiger charge is 2.25. The van der Waals surface area contributed by atoms with Gasteiger partial charge in [0.1, 0.15) is 5.75 Å². The molecule has 1 amide bonds. The van der Waals surface area contributed by atoms with Gasteiger partial charge in [-0.1, -0.05) is 31.2 Å². The van der Waals surface area contributed by atoms with Crippen LogP contribution in [-0.4, -0.2) is 29.0 Å². The van der Waals surface area contributed by atoms with Gasteiger partial charge in [0.05, 0.1) is 0 Å². The number of carbonyl (C=O) groups excluding carboxylic acids is 1. The minimum atomic E-state index is 0.0591. The molecule has 0 aromatic heterocycles. The number of rotatable bonds is 4. The molecule has 1 aliphatic heterocycles. The molecule has 0 radical (unpaired) electrons. The Kier molecular flexibility index (Phi) is 5.39. The summed E-state index contributed by atoms with van der Waals surface area (Å²) >= 11 is 0. The van der Waals surface area contributed by atoms with E-state index in [0.29, 0.717) is 24.4 Å². The Bertz CT molecular complexity index is 749. The van der Waals surface area contributed by atoms with Gasteiger partial charge >= 0.3 is 0 Å². The van der Waals surface area contributed by atoms with Crippen LogP contribution in [0.3, 0.4) is 0 Å². The van der Waals surface area contributed by atoms with Crippen molar-refractivity contribution in [1.82, 2.24) is 4.90 Å². The molecule has 3 rings (SSSR count). The van der Waals surface area contributed by atoms with E-state index in [2.05, 4.69) is 24.3 Å². The molecule has 2 aromatic carbocycles. The molecule has 1 heterocycles. The zero-order chi connectivity index (χ0) is 17.8. The van der Waals surface area contributed by atoms with Crippen molar-refractivity contribution in [3.05, 3.63) is 64.7 Å². The molecule has 4 heteroatoms. The fourth-order valence-corrected chi connectivity index (χ4v) is 3.57. The van der Waals surface area contributed by atoms with Gasteiger partial charge in [0, 0.05) is 25.2 Å². The van der Waals surface area contributed by atoms with Crippen LogP contribution in [0.4, 0.5) is 0 Å². The number of carbonyl (C=O) groups is 1. The van der Waals surface area contributed by atoms with E-state index >= 15 is 0 Å². The maximum Gasteiger partial charge on any atom is 0.253 e. The Balaban J connectivity index is 1.66. The predicted octanol–water partition coefficient (Wildman–Crippen LogP) is 3.43. The van der Waals surface area contributed by atoms with Crippen LogP contribution < -0.4 is 5.73 Å². The highest BCUT2D eigenvalue weighted by atomic mass is 16.3. The average molecular weight is 338 g/mol. The van der Waals surface area contributed by atoms with Gasteiger partial charge in [-0.2, -0.15) is 0 Å². The topological polar surface area (TPSA) is 66.6 Å². The molecule has 1 fully saturated rings. The average Bonchev–Trinajstić information content (AvgIpc) is 2.68. The van der Waals surface area contributed by atoms with Gasteiger partial charge < -0.3 is 15.7 Å². The zero-order valence-corrected chi connectivity index (χ0v) is 14.7. The lowest BCUT2D eigenvalue weighted by molar-refractivity contribution is 0.0713. The van der Waals surface area contributed by atoms with Crippen molar-refractivity contribution in [2.75, 3.05) is 13.1 Å². The SMILES string of the molecule is CCc1cc(C(=O)N2CCC(c3cccc(CN)c3)CC2)ccc1O. The van der Waals surface area contributed by atoms with Gasteiger partial charge in [-0.05, 0) is 60.1 Å². The monoisotopic (exact) mass is 338 g/mol. The standard InChI is InChI=1S/C21H26N2O2/c1-2-16-13-19(6-7-20(16)24)21(25)23-10-8-17(9-11-23)18-5-3-4-15(12-18)14-22/h3-7,12-13,17,24H,2,8-11,14,22H2,1H3. The summed E-state index contributed by atoms with van der Waals surface area (Å²) < 4.78 is 0. The lowest BCUT2D eigenvalue weighted by Crippen LogP contribution is -2.38. The summed E-state index contributed by atoms with van der Waals surface area (Å²) in [7, 11) is 0. The smallest absolute Gasteiger partial charge is 0.253 e. The summed E-state index contributed by atoms with van der Waals surface area (Å²) in [6.45, 7) is 4.06. The van der Waals surface area contributed by atoms with Gasteiger partial charge in [0.25, 0.3) is 5.91 Å². The maximum absolute atomic E-state index is 12.8. The Labute approximate surface area is 149 Å². The second-order valence-electron chi connectivity index (χ2n) is 6.71. The number of phenols is 1. The van der Waals surface area contributed by atoms with Crippen LogP contribution in [0.2, 0.25) is 0 Å². The summed E-state index contributed by atoms with van der Waals surface area (Å²) in [4.78, 5) is 14.7. The van der Waals surface area contributed by atoms with E-state index in [1.165, 1.54) is 5.56 Å². The highest BCUT2D eigenvalue weighted by Crippen LogP contribution is 2.29. The lowest BCUT2D eigenvalue weighted by Gasteiger charge is -2.32. The Morgan fingerprint density at radius 1 is 1.20 bits per heavy atom. The van der Waals surface area contributed by atoms with Gasteiger partial charge in [-0.3, -0.25) is 4.79 Å². The van der Waals surface area contributed by atoms with Gasteiger partial charge in [-0.15, -0.1) is 0 Å². The third kappa shape index (κ3) is 3.85. The number of nitrogens with two attached hydrogens (primary N) is 1. The van der Waals surface area contributed by atoms with Crippen LogP contribution >= 0.6 is 0 Å². The second-order valence-corrected chi connectivity index (χ2v) is 6.71. The largest absolute Gasteiger partial charge is 0.508 e. The first-order valence-electron chi connectivity index (χ1n) is 9.02. The number of piperidine rings is 1. The summed E-state index contributed by atoms with van der Waals surface area (Å²) in [5, 5.41) is 9.80. The van der Waals surface area contributed by atoms with Crippen molar-refractivity contribution >= 4 is 5.91 Å². The summed E-state index contributed by atoms with van der Waals surface area (Å²) in [6, 6.07) is 13.6. The fourth-order valence-electron chi connectivity index (χ4n) is 3.57. The number of benzene rings is 2. The number of phenolic OH excluding ortho intramolecular Hbond substituents is 1. The van der Waals surface area contributed by atoms with Crippen molar-refractivity contribution in [2.24, 2.45) is 5.73 Å². The molecular weight excluding hydrogens is 312 g/mol. The molecule has 2 aromatic rings. The molecule has 132 valence electrons. The molecule has 4 nitrogen and oxygen atoms in total. The first kappa shape index (κ1) is 17.5. The minimum absolute atomic E-state index is 0.0591. The minimum Gasteiger partial charge on any atom is -0.508 e. The molecule has 0 aliphatic carbocycles. The van der Waals surface area contributed by atoms with E-state index in [1.54, 1.807) is 12.1 Å². The number of nitrogens with zero attached hydrogens (tertiary/aromatic N) is 1. The van der Waals surface area contributed by atoms with Crippen LogP contribution in [-0.2, 0) is 13.0 Å². The van der Waals surface area contributed by atoms with E-state index in [1.807, 2.05) is 17.9 Å². The molecule has 0 unspecified atom stereocenters. The van der Waals surface area contributed by atoms with Crippen molar-refractivity contribution in [3.63, 3.8) is 0 Å². The van der Waals surface area contributed by atoms with E-state index < -0.39 is 0 Å². The summed E-state index contributed by atoms with van der Waals surface area (Å²) in [6.07, 6.45) is 2.66. The van der Waals surface area contributed by atoms with Crippen LogP contribution in [0.5, 0.6) is 5.75 Å². The van der Waals surface area contributed by atoms with Gasteiger partial charge in [0.15, 0.2) is 0 Å². The second kappa shape index (κ2) is 7.70. The molecule has 0 atom stereocenters. The Hall–Kier alpha value is -2.33. The van der Waals surface area contributed by atoms with Crippen LogP contribution in [0, 0.1) is 0 Å². The van der Waals surface area contributed by atoms with Gasteiger partial charge in [0.2, 0.25) is 0 Å². The van der Waals surface area contributed by atoms with Crippen molar-refractivity contribution < 1.29 is 9.90 Å². The quantitative estimate of drug-likeness (QED) is 0.897. The lowest BCUT2D eigenvalue weighted by atomic mass is 9.88. The maximum atomic E-state index is 12.8. The van der Waals surface area contributed by atoms with Gasteiger partial charge in [-0.25, -0.2) is 0 Å². The Morgan fingerprint density at radius 2 is 1.96 bits per heavy atom.